The van der Waals surface area contributed by atoms with Crippen molar-refractivity contribution >= 4 is 5.97 Å². The van der Waals surface area contributed by atoms with Gasteiger partial charge in [0.25, 0.3) is 5.56 Å². The zero-order chi connectivity index (χ0) is 18.7. The zero-order valence-electron chi connectivity index (χ0n) is 14.6. The summed E-state index contributed by atoms with van der Waals surface area (Å²) in [6.45, 7) is 0. The maximum absolute atomic E-state index is 13.0. The van der Waals surface area contributed by atoms with Crippen molar-refractivity contribution in [3.8, 4) is 5.88 Å². The minimum atomic E-state index is -1.09. The summed E-state index contributed by atoms with van der Waals surface area (Å²) in [5, 5.41) is 10.2. The number of aromatic hydroxyl groups is 1. The molecule has 0 saturated heterocycles. The summed E-state index contributed by atoms with van der Waals surface area (Å²) in [7, 11) is 1.22. The van der Waals surface area contributed by atoms with E-state index in [0.717, 1.165) is 41.9 Å². The Labute approximate surface area is 150 Å². The molecule has 0 radical (unpaired) electrons. The van der Waals surface area contributed by atoms with Crippen molar-refractivity contribution < 1.29 is 14.6 Å². The van der Waals surface area contributed by atoms with Gasteiger partial charge in [0.05, 0.1) is 13.2 Å². The molecule has 3 rings (SSSR count). The number of aromatic nitrogens is 2. The summed E-state index contributed by atoms with van der Waals surface area (Å²) in [5.41, 5.74) is -0.587. The number of ether oxygens (including phenoxy) is 1. The third-order valence-corrected chi connectivity index (χ3v) is 4.90. The average molecular weight is 358 g/mol. The molecule has 1 aromatic carbocycles. The molecule has 7 heteroatoms. The molecule has 0 unspecified atom stereocenters. The van der Waals surface area contributed by atoms with Crippen LogP contribution in [0.15, 0.2) is 46.0 Å². The molecule has 1 N–H and O–H groups in total. The Morgan fingerprint density at radius 2 is 1.88 bits per heavy atom. The molecule has 0 spiro atoms. The maximum atomic E-state index is 13.0. The molecule has 138 valence electrons. The van der Waals surface area contributed by atoms with Crippen molar-refractivity contribution in [2.75, 3.05) is 7.11 Å². The Kier molecular flexibility index (Phi) is 5.25. The van der Waals surface area contributed by atoms with Crippen LogP contribution in [0.1, 0.15) is 43.3 Å². The van der Waals surface area contributed by atoms with Crippen molar-refractivity contribution in [2.45, 2.75) is 44.2 Å². The van der Waals surface area contributed by atoms with Crippen LogP contribution >= 0.6 is 0 Å². The molecule has 26 heavy (non-hydrogen) atoms. The summed E-state index contributed by atoms with van der Waals surface area (Å²) in [6, 6.07) is 8.87. The van der Waals surface area contributed by atoms with Crippen molar-refractivity contribution in [3.05, 3.63) is 62.8 Å². The second-order valence-corrected chi connectivity index (χ2v) is 6.53. The van der Waals surface area contributed by atoms with Crippen LogP contribution in [0.2, 0.25) is 0 Å². The molecule has 1 heterocycles. The van der Waals surface area contributed by atoms with Crippen LogP contribution in [-0.4, -0.2) is 27.3 Å². The number of hydrogen-bond donors (Lipinski definition) is 1. The summed E-state index contributed by atoms with van der Waals surface area (Å²) < 4.78 is 6.97. The Morgan fingerprint density at radius 3 is 2.50 bits per heavy atom. The number of nitrogens with zero attached hydrogens (tertiary/aromatic N) is 2. The van der Waals surface area contributed by atoms with Gasteiger partial charge in [-0.3, -0.25) is 9.36 Å². The lowest BCUT2D eigenvalue weighted by molar-refractivity contribution is -0.144. The fraction of sp³-hybridized carbons (Fsp3) is 0.421. The second-order valence-electron chi connectivity index (χ2n) is 6.53. The minimum absolute atomic E-state index is 0.151. The van der Waals surface area contributed by atoms with Gasteiger partial charge in [-0.1, -0.05) is 43.2 Å². The SMILES string of the molecule is COC(=O)[C@@H](Cc1ccccc1)n1c(=O)cc(O)n(C2CCCC2)c1=O. The molecule has 0 amide bonds. The lowest BCUT2D eigenvalue weighted by atomic mass is 10.1. The quantitative estimate of drug-likeness (QED) is 0.823. The van der Waals surface area contributed by atoms with Crippen molar-refractivity contribution in [1.82, 2.24) is 9.13 Å². The van der Waals surface area contributed by atoms with E-state index in [1.54, 1.807) is 0 Å². The Hall–Kier alpha value is -2.83. The first kappa shape index (κ1) is 18.0. The molecule has 0 bridgehead atoms. The van der Waals surface area contributed by atoms with Gasteiger partial charge in [0.2, 0.25) is 5.88 Å². The van der Waals surface area contributed by atoms with E-state index in [9.17, 15) is 19.5 Å². The first-order valence-electron chi connectivity index (χ1n) is 8.71. The van der Waals surface area contributed by atoms with E-state index < -0.39 is 23.3 Å². The van der Waals surface area contributed by atoms with Crippen LogP contribution in [0.3, 0.4) is 0 Å². The molecule has 1 saturated carbocycles. The fourth-order valence-electron chi connectivity index (χ4n) is 3.60. The highest BCUT2D eigenvalue weighted by molar-refractivity contribution is 5.74. The van der Waals surface area contributed by atoms with Crippen LogP contribution in [0, 0.1) is 0 Å². The van der Waals surface area contributed by atoms with Crippen LogP contribution < -0.4 is 11.2 Å². The van der Waals surface area contributed by atoms with E-state index in [1.165, 1.54) is 11.7 Å². The number of hydrogen-bond acceptors (Lipinski definition) is 5. The third-order valence-electron chi connectivity index (χ3n) is 4.90. The monoisotopic (exact) mass is 358 g/mol. The summed E-state index contributed by atoms with van der Waals surface area (Å²) in [6.07, 6.45) is 3.58. The van der Waals surface area contributed by atoms with Gasteiger partial charge in [0.1, 0.15) is 6.04 Å². The summed E-state index contributed by atoms with van der Waals surface area (Å²) >= 11 is 0. The molecule has 1 atom stereocenters. The van der Waals surface area contributed by atoms with E-state index in [0.29, 0.717) is 0 Å². The summed E-state index contributed by atoms with van der Waals surface area (Å²) in [5.74, 6) is -1.02. The predicted octanol–water partition coefficient (Wildman–Crippen LogP) is 1.79. The van der Waals surface area contributed by atoms with Crippen molar-refractivity contribution in [2.24, 2.45) is 0 Å². The molecular weight excluding hydrogens is 336 g/mol. The van der Waals surface area contributed by atoms with Gasteiger partial charge in [0.15, 0.2) is 0 Å². The minimum Gasteiger partial charge on any atom is -0.494 e. The van der Waals surface area contributed by atoms with Gasteiger partial charge in [-0.2, -0.15) is 0 Å². The highest BCUT2D eigenvalue weighted by atomic mass is 16.5. The van der Waals surface area contributed by atoms with Gasteiger partial charge in [-0.05, 0) is 18.4 Å². The van der Waals surface area contributed by atoms with Crippen molar-refractivity contribution in [1.29, 1.82) is 0 Å². The van der Waals surface area contributed by atoms with E-state index in [4.69, 9.17) is 4.74 Å². The lowest BCUT2D eigenvalue weighted by Gasteiger charge is -2.21. The maximum Gasteiger partial charge on any atom is 0.334 e. The van der Waals surface area contributed by atoms with Crippen molar-refractivity contribution in [3.63, 3.8) is 0 Å². The number of carbonyl (C=O) groups is 1. The van der Waals surface area contributed by atoms with Gasteiger partial charge < -0.3 is 9.84 Å². The number of methoxy groups -OCH3 is 1. The molecule has 2 aromatic rings. The Bertz CT molecular complexity index is 894. The zero-order valence-corrected chi connectivity index (χ0v) is 14.6. The first-order valence-corrected chi connectivity index (χ1v) is 8.71. The third kappa shape index (κ3) is 3.42. The van der Waals surface area contributed by atoms with E-state index in [2.05, 4.69) is 0 Å². The van der Waals surface area contributed by atoms with E-state index in [1.807, 2.05) is 30.3 Å². The number of rotatable bonds is 5. The first-order chi connectivity index (χ1) is 12.5. The van der Waals surface area contributed by atoms with E-state index >= 15 is 0 Å². The number of esters is 1. The molecule has 0 aliphatic heterocycles. The van der Waals surface area contributed by atoms with Crippen LogP contribution in [-0.2, 0) is 16.0 Å². The van der Waals surface area contributed by atoms with Gasteiger partial charge >= 0.3 is 11.7 Å². The highest BCUT2D eigenvalue weighted by Gasteiger charge is 2.29. The van der Waals surface area contributed by atoms with Gasteiger partial charge in [-0.25, -0.2) is 14.2 Å². The molecular formula is C19H22N2O5. The average Bonchev–Trinajstić information content (AvgIpc) is 3.15. The lowest BCUT2D eigenvalue weighted by Crippen LogP contribution is -2.45. The smallest absolute Gasteiger partial charge is 0.334 e. The summed E-state index contributed by atoms with van der Waals surface area (Å²) in [4.78, 5) is 37.8. The number of carbonyl (C=O) groups excluding carboxylic acids is 1. The molecule has 1 aromatic heterocycles. The van der Waals surface area contributed by atoms with Gasteiger partial charge in [-0.15, -0.1) is 0 Å². The van der Waals surface area contributed by atoms with Crippen LogP contribution in [0.4, 0.5) is 0 Å². The Morgan fingerprint density at radius 1 is 1.23 bits per heavy atom. The second kappa shape index (κ2) is 7.59. The largest absolute Gasteiger partial charge is 0.494 e. The topological polar surface area (TPSA) is 90.5 Å². The standard InChI is InChI=1S/C19H22N2O5/c1-26-18(24)15(11-13-7-3-2-4-8-13)21-17(23)12-16(22)20(19(21)25)14-9-5-6-10-14/h2-4,7-8,12,14-15,22H,5-6,9-11H2,1H3/t15-/m1/s1. The molecule has 1 fully saturated rings. The van der Waals surface area contributed by atoms with Crippen LogP contribution in [0.25, 0.3) is 0 Å². The fourth-order valence-corrected chi connectivity index (χ4v) is 3.60. The Balaban J connectivity index is 2.11. The molecule has 1 aliphatic carbocycles. The molecule has 7 nitrogen and oxygen atoms in total. The highest BCUT2D eigenvalue weighted by Crippen LogP contribution is 2.30. The van der Waals surface area contributed by atoms with E-state index in [-0.39, 0.29) is 18.3 Å². The predicted molar refractivity (Wildman–Crippen MR) is 95.3 cm³/mol. The van der Waals surface area contributed by atoms with Gasteiger partial charge in [0, 0.05) is 12.5 Å². The number of benzene rings is 1. The van der Waals surface area contributed by atoms with Crippen LogP contribution in [0.5, 0.6) is 5.88 Å². The normalized spacial score (nSPS) is 15.7. The molecule has 1 aliphatic rings.